The summed E-state index contributed by atoms with van der Waals surface area (Å²) in [6.45, 7) is 3.57. The number of rotatable bonds is 4. The van der Waals surface area contributed by atoms with E-state index in [9.17, 15) is 4.39 Å². The van der Waals surface area contributed by atoms with E-state index in [2.05, 4.69) is 11.8 Å². The van der Waals surface area contributed by atoms with Crippen molar-refractivity contribution in [1.82, 2.24) is 0 Å². The van der Waals surface area contributed by atoms with Crippen molar-refractivity contribution >= 4 is 0 Å². The molecule has 1 heteroatoms. The topological polar surface area (TPSA) is 0 Å². The summed E-state index contributed by atoms with van der Waals surface area (Å²) < 4.78 is 11.9. The van der Waals surface area contributed by atoms with Gasteiger partial charge in [-0.1, -0.05) is 6.92 Å². The van der Waals surface area contributed by atoms with Gasteiger partial charge >= 0.3 is 0 Å². The summed E-state index contributed by atoms with van der Waals surface area (Å²) in [5.74, 6) is 5.99. The fraction of sp³-hybridized carbons (Fsp3) is 0.778. The second-order valence-electron chi connectivity index (χ2n) is 2.58. The largest absolute Gasteiger partial charge is 0.251 e. The number of unbranched alkanes of at least 4 members (excludes halogenated alkanes) is 1. The molecule has 0 aromatic carbocycles. The van der Waals surface area contributed by atoms with Crippen LogP contribution in [0.3, 0.4) is 0 Å². The number of halogens is 1. The molecule has 0 aliphatic carbocycles. The molecule has 0 aliphatic heterocycles. The van der Waals surface area contributed by atoms with Gasteiger partial charge in [-0.2, -0.15) is 0 Å². The average molecular weight is 142 g/mol. The van der Waals surface area contributed by atoms with E-state index in [1.165, 1.54) is 0 Å². The van der Waals surface area contributed by atoms with Gasteiger partial charge in [-0.3, -0.25) is 4.39 Å². The Morgan fingerprint density at radius 2 is 2.20 bits per heavy atom. The van der Waals surface area contributed by atoms with Crippen LogP contribution in [0.5, 0.6) is 0 Å². The first-order chi connectivity index (χ1) is 4.81. The minimum atomic E-state index is -0.195. The Labute approximate surface area is 62.8 Å². The first-order valence-electron chi connectivity index (χ1n) is 3.76. The van der Waals surface area contributed by atoms with Gasteiger partial charge in [0.2, 0.25) is 0 Å². The van der Waals surface area contributed by atoms with E-state index in [0.29, 0.717) is 0 Å². The second kappa shape index (κ2) is 6.61. The van der Waals surface area contributed by atoms with Gasteiger partial charge < -0.3 is 0 Å². The Balaban J connectivity index is 3.08. The summed E-state index contributed by atoms with van der Waals surface area (Å²) in [6, 6.07) is 0. The maximum Gasteiger partial charge on any atom is 0.0919 e. The molecule has 0 radical (unpaired) electrons. The second-order valence-corrected chi connectivity index (χ2v) is 2.58. The van der Waals surface area contributed by atoms with Crippen molar-refractivity contribution in [3.8, 4) is 11.8 Å². The van der Waals surface area contributed by atoms with Crippen LogP contribution < -0.4 is 0 Å². The van der Waals surface area contributed by atoms with Gasteiger partial charge in [0.25, 0.3) is 0 Å². The van der Waals surface area contributed by atoms with Gasteiger partial charge in [-0.15, -0.1) is 11.8 Å². The van der Waals surface area contributed by atoms with E-state index < -0.39 is 0 Å². The third-order valence-electron chi connectivity index (χ3n) is 1.44. The Hall–Kier alpha value is -0.510. The SMILES string of the molecule is CC#CCCCC(C)CF. The summed E-state index contributed by atoms with van der Waals surface area (Å²) in [4.78, 5) is 0. The molecule has 1 unspecified atom stereocenters. The van der Waals surface area contributed by atoms with Crippen LogP contribution in [0.2, 0.25) is 0 Å². The molecule has 0 saturated heterocycles. The van der Waals surface area contributed by atoms with Crippen LogP contribution in [0.15, 0.2) is 0 Å². The van der Waals surface area contributed by atoms with Gasteiger partial charge in [0.15, 0.2) is 0 Å². The quantitative estimate of drug-likeness (QED) is 0.418. The van der Waals surface area contributed by atoms with E-state index in [0.717, 1.165) is 19.3 Å². The fourth-order valence-electron chi connectivity index (χ4n) is 0.741. The van der Waals surface area contributed by atoms with Gasteiger partial charge in [-0.25, -0.2) is 0 Å². The first-order valence-corrected chi connectivity index (χ1v) is 3.76. The highest BCUT2D eigenvalue weighted by atomic mass is 19.1. The monoisotopic (exact) mass is 142 g/mol. The zero-order valence-corrected chi connectivity index (χ0v) is 6.78. The Morgan fingerprint density at radius 3 is 2.70 bits per heavy atom. The van der Waals surface area contributed by atoms with Crippen molar-refractivity contribution in [2.24, 2.45) is 5.92 Å². The minimum Gasteiger partial charge on any atom is -0.251 e. The predicted molar refractivity (Wildman–Crippen MR) is 42.4 cm³/mol. The highest BCUT2D eigenvalue weighted by molar-refractivity contribution is 4.94. The summed E-state index contributed by atoms with van der Waals surface area (Å²) >= 11 is 0. The lowest BCUT2D eigenvalue weighted by Gasteiger charge is -2.02. The molecular formula is C9H15F. The van der Waals surface area contributed by atoms with E-state index >= 15 is 0 Å². The van der Waals surface area contributed by atoms with Crippen LogP contribution in [0, 0.1) is 17.8 Å². The highest BCUT2D eigenvalue weighted by Gasteiger charge is 1.98. The van der Waals surface area contributed by atoms with Crippen molar-refractivity contribution in [2.75, 3.05) is 6.67 Å². The summed E-state index contributed by atoms with van der Waals surface area (Å²) in [5, 5.41) is 0. The molecule has 58 valence electrons. The fourth-order valence-corrected chi connectivity index (χ4v) is 0.741. The number of alkyl halides is 1. The van der Waals surface area contributed by atoms with Crippen LogP contribution in [0.4, 0.5) is 4.39 Å². The van der Waals surface area contributed by atoms with Crippen molar-refractivity contribution in [3.63, 3.8) is 0 Å². The zero-order chi connectivity index (χ0) is 7.82. The van der Waals surface area contributed by atoms with Crippen LogP contribution in [-0.4, -0.2) is 6.67 Å². The molecule has 0 N–H and O–H groups in total. The average Bonchev–Trinajstić information content (AvgIpc) is 1.98. The Kier molecular flexibility index (Phi) is 6.27. The van der Waals surface area contributed by atoms with Crippen molar-refractivity contribution in [3.05, 3.63) is 0 Å². The smallest absolute Gasteiger partial charge is 0.0919 e. The third-order valence-corrected chi connectivity index (χ3v) is 1.44. The molecule has 0 heterocycles. The third kappa shape index (κ3) is 5.62. The lowest BCUT2D eigenvalue weighted by molar-refractivity contribution is 0.361. The molecule has 0 aliphatic rings. The van der Waals surface area contributed by atoms with E-state index in [4.69, 9.17) is 0 Å². The van der Waals surface area contributed by atoms with Crippen LogP contribution >= 0.6 is 0 Å². The van der Waals surface area contributed by atoms with Crippen LogP contribution in [-0.2, 0) is 0 Å². The van der Waals surface area contributed by atoms with E-state index in [1.54, 1.807) is 0 Å². The number of hydrogen-bond donors (Lipinski definition) is 0. The zero-order valence-electron chi connectivity index (χ0n) is 6.78. The molecule has 0 nitrogen and oxygen atoms in total. The molecule has 0 rings (SSSR count). The summed E-state index contributed by atoms with van der Waals surface area (Å²) in [6.07, 6.45) is 2.91. The van der Waals surface area contributed by atoms with E-state index in [1.807, 2.05) is 13.8 Å². The molecule has 0 aromatic rings. The molecule has 1 atom stereocenters. The van der Waals surface area contributed by atoms with Crippen LogP contribution in [0.1, 0.15) is 33.1 Å². The van der Waals surface area contributed by atoms with E-state index in [-0.39, 0.29) is 12.6 Å². The molecular weight excluding hydrogens is 127 g/mol. The Bertz CT molecular complexity index is 118. The summed E-state index contributed by atoms with van der Waals surface area (Å²) in [5.41, 5.74) is 0. The maximum atomic E-state index is 11.9. The van der Waals surface area contributed by atoms with Gasteiger partial charge in [-0.05, 0) is 25.7 Å². The molecule has 0 fully saturated rings. The van der Waals surface area contributed by atoms with Crippen LogP contribution in [0.25, 0.3) is 0 Å². The normalized spacial score (nSPS) is 11.9. The van der Waals surface area contributed by atoms with Gasteiger partial charge in [0.1, 0.15) is 0 Å². The Morgan fingerprint density at radius 1 is 1.50 bits per heavy atom. The van der Waals surface area contributed by atoms with Crippen molar-refractivity contribution < 1.29 is 4.39 Å². The molecule has 10 heavy (non-hydrogen) atoms. The molecule has 0 aromatic heterocycles. The molecule has 0 spiro atoms. The molecule has 0 bridgehead atoms. The predicted octanol–water partition coefficient (Wildman–Crippen LogP) is 2.79. The molecule has 0 saturated carbocycles. The number of hydrogen-bond acceptors (Lipinski definition) is 0. The van der Waals surface area contributed by atoms with Gasteiger partial charge in [0.05, 0.1) is 6.67 Å². The lowest BCUT2D eigenvalue weighted by atomic mass is 10.1. The summed E-state index contributed by atoms with van der Waals surface area (Å²) in [7, 11) is 0. The maximum absolute atomic E-state index is 11.9. The van der Waals surface area contributed by atoms with Gasteiger partial charge in [0, 0.05) is 6.42 Å². The first kappa shape index (κ1) is 9.49. The standard InChI is InChI=1S/C9H15F/c1-3-4-5-6-7-9(2)8-10/h9H,5-8H2,1-2H3. The lowest BCUT2D eigenvalue weighted by Crippen LogP contribution is -1.95. The van der Waals surface area contributed by atoms with Crippen molar-refractivity contribution in [2.45, 2.75) is 33.1 Å². The highest BCUT2D eigenvalue weighted by Crippen LogP contribution is 2.06. The van der Waals surface area contributed by atoms with Crippen molar-refractivity contribution in [1.29, 1.82) is 0 Å². The minimum absolute atomic E-state index is 0.195. The molecule has 0 amide bonds.